The first-order valence-corrected chi connectivity index (χ1v) is 6.88. The number of nitrogens with zero attached hydrogens (tertiary/aromatic N) is 2. The van der Waals surface area contributed by atoms with Gasteiger partial charge in [-0.1, -0.05) is 0 Å². The molecule has 2 N–H and O–H groups in total. The smallest absolute Gasteiger partial charge is 0.233 e. The van der Waals surface area contributed by atoms with E-state index in [4.69, 9.17) is 5.73 Å². The van der Waals surface area contributed by atoms with E-state index >= 15 is 0 Å². The Morgan fingerprint density at radius 3 is 2.47 bits per heavy atom. The second kappa shape index (κ2) is 6.18. The number of aromatic nitrogens is 1. The van der Waals surface area contributed by atoms with Crippen molar-refractivity contribution >= 4 is 28.2 Å². The van der Waals surface area contributed by atoms with Gasteiger partial charge in [0.2, 0.25) is 10.0 Å². The van der Waals surface area contributed by atoms with Crippen LogP contribution < -0.4 is 10.0 Å². The molecule has 1 heterocycles. The molecular weight excluding hydrogens is 262 g/mol. The van der Waals surface area contributed by atoms with Crippen LogP contribution in [0.3, 0.4) is 0 Å². The molecule has 0 aliphatic rings. The minimum Gasteiger partial charge on any atom is -0.326 e. The summed E-state index contributed by atoms with van der Waals surface area (Å²) in [6.45, 7) is 4.29. The van der Waals surface area contributed by atoms with Crippen LogP contribution in [-0.4, -0.2) is 26.2 Å². The first-order chi connectivity index (χ1) is 7.40. The molecule has 0 fully saturated rings. The molecule has 0 saturated carbocycles. The standard InChI is InChI=1S/C10H17N3O2S.ClH/c1-4-13(16(3,14)15)10-9(6-11)5-8(2)7-12-10;/h5,7H,4,6,11H2,1-3H3;1H. The van der Waals surface area contributed by atoms with Gasteiger partial charge in [-0.15, -0.1) is 12.4 Å². The molecule has 7 heteroatoms. The number of sulfonamides is 1. The molecule has 0 aliphatic carbocycles. The monoisotopic (exact) mass is 279 g/mol. The molecule has 5 nitrogen and oxygen atoms in total. The van der Waals surface area contributed by atoms with E-state index in [0.29, 0.717) is 12.4 Å². The van der Waals surface area contributed by atoms with Crippen molar-refractivity contribution in [3.8, 4) is 0 Å². The van der Waals surface area contributed by atoms with Crippen LogP contribution in [0.4, 0.5) is 5.82 Å². The normalized spacial score (nSPS) is 10.8. The molecule has 0 atom stereocenters. The highest BCUT2D eigenvalue weighted by Gasteiger charge is 2.19. The highest BCUT2D eigenvalue weighted by Crippen LogP contribution is 2.20. The lowest BCUT2D eigenvalue weighted by molar-refractivity contribution is 0.597. The van der Waals surface area contributed by atoms with E-state index in [9.17, 15) is 8.42 Å². The first kappa shape index (κ1) is 16.1. The molecule has 0 spiro atoms. The Balaban J connectivity index is 0.00000256. The third-order valence-electron chi connectivity index (χ3n) is 2.22. The van der Waals surface area contributed by atoms with Crippen LogP contribution in [0, 0.1) is 6.92 Å². The fourth-order valence-electron chi connectivity index (χ4n) is 1.54. The summed E-state index contributed by atoms with van der Waals surface area (Å²) >= 11 is 0. The third-order valence-corrected chi connectivity index (χ3v) is 3.46. The van der Waals surface area contributed by atoms with Crippen molar-refractivity contribution in [1.29, 1.82) is 0 Å². The van der Waals surface area contributed by atoms with Crippen molar-refractivity contribution in [1.82, 2.24) is 4.98 Å². The molecule has 0 bridgehead atoms. The first-order valence-electron chi connectivity index (χ1n) is 5.03. The van der Waals surface area contributed by atoms with Crippen LogP contribution in [0.25, 0.3) is 0 Å². The average molecular weight is 280 g/mol. The van der Waals surface area contributed by atoms with Crippen LogP contribution in [0.2, 0.25) is 0 Å². The van der Waals surface area contributed by atoms with Gasteiger partial charge in [0, 0.05) is 24.8 Å². The summed E-state index contributed by atoms with van der Waals surface area (Å²) in [5.74, 6) is 0.429. The Morgan fingerprint density at radius 1 is 1.47 bits per heavy atom. The highest BCUT2D eigenvalue weighted by molar-refractivity contribution is 7.92. The average Bonchev–Trinajstić information content (AvgIpc) is 2.19. The van der Waals surface area contributed by atoms with Crippen molar-refractivity contribution in [2.75, 3.05) is 17.1 Å². The summed E-state index contributed by atoms with van der Waals surface area (Å²) in [6.07, 6.45) is 2.81. The second-order valence-electron chi connectivity index (χ2n) is 3.63. The second-order valence-corrected chi connectivity index (χ2v) is 5.53. The molecule has 0 radical (unpaired) electrons. The van der Waals surface area contributed by atoms with Crippen molar-refractivity contribution in [2.24, 2.45) is 5.73 Å². The molecule has 1 aromatic rings. The quantitative estimate of drug-likeness (QED) is 0.894. The van der Waals surface area contributed by atoms with Crippen LogP contribution in [0.1, 0.15) is 18.1 Å². The molecule has 98 valence electrons. The molecule has 1 rings (SSSR count). The summed E-state index contributed by atoms with van der Waals surface area (Å²) < 4.78 is 24.4. The maximum absolute atomic E-state index is 11.6. The highest BCUT2D eigenvalue weighted by atomic mass is 35.5. The molecule has 0 aromatic carbocycles. The summed E-state index contributed by atoms with van der Waals surface area (Å²) in [6, 6.07) is 1.86. The number of anilines is 1. The topological polar surface area (TPSA) is 76.3 Å². The largest absolute Gasteiger partial charge is 0.326 e. The van der Waals surface area contributed by atoms with Gasteiger partial charge >= 0.3 is 0 Å². The lowest BCUT2D eigenvalue weighted by Crippen LogP contribution is -2.31. The van der Waals surface area contributed by atoms with Gasteiger partial charge in [0.1, 0.15) is 5.82 Å². The van der Waals surface area contributed by atoms with Crippen molar-refractivity contribution in [2.45, 2.75) is 20.4 Å². The molecule has 17 heavy (non-hydrogen) atoms. The van der Waals surface area contributed by atoms with E-state index in [2.05, 4.69) is 4.98 Å². The lowest BCUT2D eigenvalue weighted by atomic mass is 10.2. The Kier molecular flexibility index (Phi) is 5.87. The lowest BCUT2D eigenvalue weighted by Gasteiger charge is -2.21. The minimum atomic E-state index is -3.30. The van der Waals surface area contributed by atoms with Gasteiger partial charge in [-0.05, 0) is 25.5 Å². The summed E-state index contributed by atoms with van der Waals surface area (Å²) in [5, 5.41) is 0. The Morgan fingerprint density at radius 2 is 2.06 bits per heavy atom. The zero-order valence-corrected chi connectivity index (χ0v) is 11.8. The van der Waals surface area contributed by atoms with Gasteiger partial charge in [-0.2, -0.15) is 0 Å². The van der Waals surface area contributed by atoms with E-state index in [0.717, 1.165) is 11.1 Å². The Labute approximate surface area is 108 Å². The number of nitrogens with two attached hydrogens (primary N) is 1. The van der Waals surface area contributed by atoms with Crippen molar-refractivity contribution in [3.63, 3.8) is 0 Å². The van der Waals surface area contributed by atoms with Crippen molar-refractivity contribution < 1.29 is 8.42 Å². The molecule has 0 aliphatic heterocycles. The van der Waals surface area contributed by atoms with Gasteiger partial charge in [-0.25, -0.2) is 13.4 Å². The van der Waals surface area contributed by atoms with Gasteiger partial charge in [0.05, 0.1) is 6.26 Å². The van der Waals surface area contributed by atoms with E-state index in [1.807, 2.05) is 13.0 Å². The minimum absolute atomic E-state index is 0. The van der Waals surface area contributed by atoms with Gasteiger partial charge < -0.3 is 5.73 Å². The zero-order valence-electron chi connectivity index (χ0n) is 10.2. The molecule has 1 aromatic heterocycles. The molecule has 0 amide bonds. The fraction of sp³-hybridized carbons (Fsp3) is 0.500. The molecule has 0 saturated heterocycles. The number of pyridine rings is 1. The van der Waals surface area contributed by atoms with Crippen molar-refractivity contribution in [3.05, 3.63) is 23.4 Å². The van der Waals surface area contributed by atoms with Gasteiger partial charge in [0.15, 0.2) is 0 Å². The molecular formula is C10H18ClN3O2S. The zero-order chi connectivity index (χ0) is 12.3. The third kappa shape index (κ3) is 3.83. The van der Waals surface area contributed by atoms with E-state index in [1.54, 1.807) is 13.1 Å². The summed E-state index contributed by atoms with van der Waals surface area (Å²) in [5.41, 5.74) is 7.30. The predicted molar refractivity (Wildman–Crippen MR) is 72.0 cm³/mol. The summed E-state index contributed by atoms with van der Waals surface area (Å²) in [4.78, 5) is 4.15. The number of hydrogen-bond donors (Lipinski definition) is 1. The number of rotatable bonds is 4. The van der Waals surface area contributed by atoms with Crippen LogP contribution in [0.15, 0.2) is 12.3 Å². The fourth-order valence-corrected chi connectivity index (χ4v) is 2.49. The Hall–Kier alpha value is -0.850. The van der Waals surface area contributed by atoms with Crippen LogP contribution in [0.5, 0.6) is 0 Å². The van der Waals surface area contributed by atoms with Gasteiger partial charge in [-0.3, -0.25) is 4.31 Å². The van der Waals surface area contributed by atoms with E-state index in [1.165, 1.54) is 10.6 Å². The maximum Gasteiger partial charge on any atom is 0.233 e. The van der Waals surface area contributed by atoms with Gasteiger partial charge in [0.25, 0.3) is 0 Å². The van der Waals surface area contributed by atoms with E-state index < -0.39 is 10.0 Å². The SMILES string of the molecule is CCN(c1ncc(C)cc1CN)S(C)(=O)=O.Cl. The Bertz CT molecular complexity index is 476. The number of aryl methyl sites for hydroxylation is 1. The summed E-state index contributed by atoms with van der Waals surface area (Å²) in [7, 11) is -3.30. The van der Waals surface area contributed by atoms with Crippen LogP contribution >= 0.6 is 12.4 Å². The number of halogens is 1. The van der Waals surface area contributed by atoms with Crippen LogP contribution in [-0.2, 0) is 16.6 Å². The maximum atomic E-state index is 11.6. The number of hydrogen-bond acceptors (Lipinski definition) is 4. The molecule has 0 unspecified atom stereocenters. The van der Waals surface area contributed by atoms with E-state index in [-0.39, 0.29) is 19.0 Å². The predicted octanol–water partition coefficient (Wildman–Crippen LogP) is 1.06.